The first kappa shape index (κ1) is 28.9. The zero-order valence-corrected chi connectivity index (χ0v) is 25.9. The van der Waals surface area contributed by atoms with Crippen molar-refractivity contribution in [2.45, 2.75) is 31.2 Å². The van der Waals surface area contributed by atoms with Gasteiger partial charge in [0, 0.05) is 24.5 Å². The fourth-order valence-electron chi connectivity index (χ4n) is 6.10. The fourth-order valence-corrected chi connectivity index (χ4v) is 7.40. The summed E-state index contributed by atoms with van der Waals surface area (Å²) < 4.78 is 32.9. The predicted octanol–water partition coefficient (Wildman–Crippen LogP) is 4.14. The zero-order valence-electron chi connectivity index (χ0n) is 24.3. The quantitative estimate of drug-likeness (QED) is 0.304. The molecule has 1 amide bonds. The van der Waals surface area contributed by atoms with Crippen molar-refractivity contribution in [2.24, 2.45) is 0 Å². The highest BCUT2D eigenvalue weighted by atomic mass is 35.5. The van der Waals surface area contributed by atoms with Gasteiger partial charge in [0.15, 0.2) is 0 Å². The molecule has 7 rings (SSSR count). The third-order valence-corrected chi connectivity index (χ3v) is 10.3. The Hall–Kier alpha value is -3.80. The number of nitrogens with zero attached hydrogens (tertiary/aromatic N) is 5. The minimum atomic E-state index is -0.487. The summed E-state index contributed by atoms with van der Waals surface area (Å²) in [6, 6.07) is 4.69. The van der Waals surface area contributed by atoms with E-state index in [0.717, 1.165) is 22.5 Å². The van der Waals surface area contributed by atoms with Crippen LogP contribution in [0.25, 0.3) is 32.1 Å². The monoisotopic (exact) mass is 637 g/mol. The molecular formula is C30H29ClFN7O4S. The van der Waals surface area contributed by atoms with Gasteiger partial charge in [-0.25, -0.2) is 4.39 Å². The van der Waals surface area contributed by atoms with Crippen molar-refractivity contribution in [3.05, 3.63) is 39.7 Å². The molecule has 3 N–H and O–H groups in total. The van der Waals surface area contributed by atoms with Gasteiger partial charge in [-0.2, -0.15) is 15.2 Å². The van der Waals surface area contributed by atoms with Gasteiger partial charge in [-0.3, -0.25) is 9.69 Å². The van der Waals surface area contributed by atoms with Crippen LogP contribution in [0.15, 0.2) is 12.1 Å². The second kappa shape index (κ2) is 10.7. The average Bonchev–Trinajstić information content (AvgIpc) is 3.67. The highest BCUT2D eigenvalue weighted by molar-refractivity contribution is 7.23. The van der Waals surface area contributed by atoms with Crippen molar-refractivity contribution < 1.29 is 23.4 Å². The van der Waals surface area contributed by atoms with E-state index in [1.165, 1.54) is 6.07 Å². The molecule has 4 aromatic rings. The summed E-state index contributed by atoms with van der Waals surface area (Å²) in [5.74, 6) is -0.0996. The number of nitriles is 1. The number of nitrogens with one attached hydrogen (secondary N) is 1. The van der Waals surface area contributed by atoms with E-state index in [1.54, 1.807) is 18.0 Å². The summed E-state index contributed by atoms with van der Waals surface area (Å²) in [7, 11) is 5.69. The van der Waals surface area contributed by atoms with Crippen LogP contribution in [0.2, 0.25) is 5.02 Å². The molecule has 0 aliphatic carbocycles. The lowest BCUT2D eigenvalue weighted by atomic mass is 9.91. The first-order valence-electron chi connectivity index (χ1n) is 14.1. The van der Waals surface area contributed by atoms with Gasteiger partial charge in [-0.15, -0.1) is 11.3 Å². The molecule has 2 saturated heterocycles. The van der Waals surface area contributed by atoms with Crippen molar-refractivity contribution in [1.29, 1.82) is 5.26 Å². The number of halogens is 2. The normalized spacial score (nSPS) is 19.1. The smallest absolute Gasteiger partial charge is 0.319 e. The van der Waals surface area contributed by atoms with Crippen molar-refractivity contribution in [1.82, 2.24) is 19.8 Å². The summed E-state index contributed by atoms with van der Waals surface area (Å²) in [6.07, 6.45) is 0.604. The number of thiophene rings is 1. The van der Waals surface area contributed by atoms with Gasteiger partial charge >= 0.3 is 6.01 Å². The Bertz CT molecular complexity index is 1900. The van der Waals surface area contributed by atoms with Gasteiger partial charge in [0.2, 0.25) is 5.91 Å². The molecule has 2 fully saturated rings. The number of likely N-dealkylation sites (tertiary alicyclic amines) is 1. The number of amides is 1. The van der Waals surface area contributed by atoms with E-state index < -0.39 is 11.9 Å². The number of anilines is 2. The van der Waals surface area contributed by atoms with Crippen LogP contribution in [-0.2, 0) is 27.5 Å². The number of nitrogen functional groups attached to an aromatic ring is 1. The number of carbonyl (C=O) groups excluding carboxylic acids is 1. The molecule has 2 aromatic carbocycles. The lowest BCUT2D eigenvalue weighted by molar-refractivity contribution is -0.141. The number of carbonyl (C=O) groups is 1. The van der Waals surface area contributed by atoms with E-state index >= 15 is 0 Å². The summed E-state index contributed by atoms with van der Waals surface area (Å²) in [4.78, 5) is 26.2. The van der Waals surface area contributed by atoms with Crippen LogP contribution in [0.5, 0.6) is 6.01 Å². The molecule has 11 nitrogen and oxygen atoms in total. The van der Waals surface area contributed by atoms with Crippen molar-refractivity contribution in [2.75, 3.05) is 58.6 Å². The first-order valence-corrected chi connectivity index (χ1v) is 15.3. The summed E-state index contributed by atoms with van der Waals surface area (Å²) in [6.45, 7) is 2.37. The molecule has 5 heterocycles. The molecule has 0 spiro atoms. The fraction of sp³-hybridized carbons (Fsp3) is 0.400. The van der Waals surface area contributed by atoms with Gasteiger partial charge < -0.3 is 30.2 Å². The number of likely N-dealkylation sites (N-methyl/N-ethyl adjacent to an activating group) is 2. The lowest BCUT2D eigenvalue weighted by Crippen LogP contribution is -2.63. The molecule has 3 aliphatic rings. The van der Waals surface area contributed by atoms with Gasteiger partial charge in [0.1, 0.15) is 40.9 Å². The molecule has 14 heteroatoms. The van der Waals surface area contributed by atoms with Crippen LogP contribution in [0.1, 0.15) is 23.1 Å². The van der Waals surface area contributed by atoms with E-state index in [2.05, 4.69) is 16.3 Å². The standard InChI is InChI=1S/C30H29ClFN7O4S/c1-38(2)30(11-42-12-30)13-43-29-36-24-22(27(37-29)35-19-6-7-39(3)28(19)40)17-10-41-9-16(17)20(23(24)31)14-4-5-18(32)25-21(14)15(8-33)26(34)44-25/h4-5,19H,6-7,9-13,34H2,1-3H3,(H,35,36,37). The van der Waals surface area contributed by atoms with Crippen LogP contribution >= 0.6 is 22.9 Å². The van der Waals surface area contributed by atoms with E-state index in [4.69, 9.17) is 41.5 Å². The minimum absolute atomic E-state index is 0.0409. The Labute approximate surface area is 261 Å². The second-order valence-electron chi connectivity index (χ2n) is 11.6. The highest BCUT2D eigenvalue weighted by Crippen LogP contribution is 2.49. The van der Waals surface area contributed by atoms with E-state index in [0.29, 0.717) is 59.4 Å². The zero-order chi connectivity index (χ0) is 30.9. The molecule has 1 unspecified atom stereocenters. The largest absolute Gasteiger partial charge is 0.461 e. The second-order valence-corrected chi connectivity index (χ2v) is 13.0. The lowest BCUT2D eigenvalue weighted by Gasteiger charge is -2.45. The number of hydrogen-bond acceptors (Lipinski definition) is 11. The number of hydrogen-bond donors (Lipinski definition) is 2. The minimum Gasteiger partial charge on any atom is -0.461 e. The predicted molar refractivity (Wildman–Crippen MR) is 165 cm³/mol. The average molecular weight is 638 g/mol. The Morgan fingerprint density at radius 2 is 2.05 bits per heavy atom. The molecule has 228 valence electrons. The van der Waals surface area contributed by atoms with Crippen molar-refractivity contribution in [3.63, 3.8) is 0 Å². The van der Waals surface area contributed by atoms with Crippen molar-refractivity contribution >= 4 is 60.7 Å². The van der Waals surface area contributed by atoms with E-state index in [1.807, 2.05) is 14.1 Å². The maximum absolute atomic E-state index is 15.0. The topological polar surface area (TPSA) is 139 Å². The third-order valence-electron chi connectivity index (χ3n) is 8.87. The molecule has 3 aliphatic heterocycles. The van der Waals surface area contributed by atoms with Gasteiger partial charge in [-0.1, -0.05) is 17.7 Å². The molecule has 0 saturated carbocycles. The van der Waals surface area contributed by atoms with Crippen LogP contribution < -0.4 is 15.8 Å². The molecule has 0 radical (unpaired) electrons. The molecule has 1 atom stereocenters. The maximum Gasteiger partial charge on any atom is 0.319 e. The molecule has 44 heavy (non-hydrogen) atoms. The first-order chi connectivity index (χ1) is 21.1. The third kappa shape index (κ3) is 4.35. The number of fused-ring (bicyclic) bond motifs is 4. The van der Waals surface area contributed by atoms with Crippen LogP contribution in [0.3, 0.4) is 0 Å². The van der Waals surface area contributed by atoms with Crippen LogP contribution in [0.4, 0.5) is 15.2 Å². The van der Waals surface area contributed by atoms with Crippen LogP contribution in [0, 0.1) is 17.1 Å². The number of ether oxygens (including phenoxy) is 3. The summed E-state index contributed by atoms with van der Waals surface area (Å²) in [5.41, 5.74) is 9.11. The molecule has 2 aromatic heterocycles. The van der Waals surface area contributed by atoms with Crippen molar-refractivity contribution in [3.8, 4) is 23.2 Å². The van der Waals surface area contributed by atoms with Crippen LogP contribution in [-0.4, -0.2) is 84.8 Å². The highest BCUT2D eigenvalue weighted by Gasteiger charge is 2.42. The molecular weight excluding hydrogens is 609 g/mol. The SMILES string of the molecule is CN1CCC(Nc2nc(OCC3(N(C)C)COC3)nc3c(Cl)c(-c4ccc(F)c5sc(N)c(C#N)c45)c4c(c23)COC4)C1=O. The Morgan fingerprint density at radius 3 is 2.70 bits per heavy atom. The van der Waals surface area contributed by atoms with E-state index in [9.17, 15) is 14.4 Å². The van der Waals surface area contributed by atoms with Gasteiger partial charge in [0.25, 0.3) is 0 Å². The number of benzene rings is 2. The van der Waals surface area contributed by atoms with E-state index in [-0.39, 0.29) is 57.6 Å². The number of nitrogens with two attached hydrogens (primary N) is 1. The number of aromatic nitrogens is 2. The summed E-state index contributed by atoms with van der Waals surface area (Å²) in [5, 5.41) is 14.8. The Morgan fingerprint density at radius 1 is 1.27 bits per heavy atom. The maximum atomic E-state index is 15.0. The van der Waals surface area contributed by atoms with Gasteiger partial charge in [-0.05, 0) is 43.3 Å². The Kier molecular flexibility index (Phi) is 7.02. The van der Waals surface area contributed by atoms with Gasteiger partial charge in [0.05, 0.1) is 52.6 Å². The number of rotatable bonds is 7. The summed E-state index contributed by atoms with van der Waals surface area (Å²) >= 11 is 8.28. The Balaban J connectivity index is 1.45. The molecule has 0 bridgehead atoms.